The molecule has 24 atom stereocenters. The Morgan fingerprint density at radius 2 is 0.669 bits per heavy atom. The van der Waals surface area contributed by atoms with Crippen LogP contribution in [0.4, 0.5) is 0 Å². The zero-order chi connectivity index (χ0) is 96.9. The molecular weight excluding hydrogens is 1710 g/mol. The lowest BCUT2D eigenvalue weighted by atomic mass is 9.45. The number of methoxy groups -OCH3 is 1. The van der Waals surface area contributed by atoms with Gasteiger partial charge in [0.25, 0.3) is 0 Å². The Morgan fingerprint density at radius 1 is 0.345 bits per heavy atom. The summed E-state index contributed by atoms with van der Waals surface area (Å²) in [5.74, 6) is 11.0. The number of hydrogen-bond donors (Lipinski definition) is 1. The number of aliphatic hydroxyl groups is 1. The zero-order valence-electron chi connectivity index (χ0n) is 86.8. The highest BCUT2D eigenvalue weighted by molar-refractivity contribution is 5.91. The molecular formula is C126H158N8O5. The minimum Gasteiger partial charge on any atom is -0.495 e. The van der Waals surface area contributed by atoms with E-state index in [0.29, 0.717) is 46.3 Å². The van der Waals surface area contributed by atoms with Gasteiger partial charge in [-0.25, -0.2) is 0 Å². The molecule has 8 heterocycles. The van der Waals surface area contributed by atoms with Gasteiger partial charge in [-0.15, -0.1) is 0 Å². The molecule has 3 amide bonds. The number of aryl methyl sites for hydroxylation is 1. The zero-order valence-corrected chi connectivity index (χ0v) is 86.8. The monoisotopic (exact) mass is 1860 g/mol. The fourth-order valence-electron chi connectivity index (χ4n) is 34.7. The first-order valence-electron chi connectivity index (χ1n) is 54.5. The smallest absolute Gasteiger partial charge is 0.246 e. The maximum absolute atomic E-state index is 12.5. The Bertz CT molecular complexity index is 5960. The van der Waals surface area contributed by atoms with Gasteiger partial charge in [-0.2, -0.15) is 0 Å². The first-order chi connectivity index (χ1) is 66.7. The van der Waals surface area contributed by atoms with Gasteiger partial charge in [0.2, 0.25) is 17.7 Å². The lowest BCUT2D eigenvalue weighted by molar-refractivity contribution is -0.125. The van der Waals surface area contributed by atoms with Crippen molar-refractivity contribution < 1.29 is 24.2 Å². The van der Waals surface area contributed by atoms with Gasteiger partial charge >= 0.3 is 0 Å². The molecule has 0 aromatic carbocycles. The molecule has 20 aliphatic rings. The van der Waals surface area contributed by atoms with Crippen molar-refractivity contribution in [3.63, 3.8) is 0 Å². The van der Waals surface area contributed by atoms with Gasteiger partial charge in [0.05, 0.1) is 19.4 Å². The average Bonchev–Trinajstić information content (AvgIpc) is 1.72. The summed E-state index contributed by atoms with van der Waals surface area (Å²) in [7, 11) is 7.52. The maximum atomic E-state index is 12.5. The summed E-state index contributed by atoms with van der Waals surface area (Å²) in [6.45, 7) is 32.0. The molecule has 13 nitrogen and oxygen atoms in total. The molecule has 25 rings (SSSR count). The molecule has 0 unspecified atom stereocenters. The molecule has 1 N–H and O–H groups in total. The molecule has 732 valence electrons. The van der Waals surface area contributed by atoms with Crippen molar-refractivity contribution in [1.29, 1.82) is 0 Å². The molecule has 5 aromatic rings. The van der Waals surface area contributed by atoms with Crippen LogP contribution < -0.4 is 4.74 Å². The number of amides is 3. The predicted octanol–water partition coefficient (Wildman–Crippen LogP) is 27.5. The van der Waals surface area contributed by atoms with Crippen molar-refractivity contribution in [2.45, 2.75) is 275 Å². The van der Waals surface area contributed by atoms with Crippen LogP contribution in [-0.2, 0) is 14.4 Å². The Labute approximate surface area is 831 Å². The summed E-state index contributed by atoms with van der Waals surface area (Å²) in [4.78, 5) is 65.0. The van der Waals surface area contributed by atoms with Crippen LogP contribution in [0.2, 0.25) is 0 Å². The van der Waals surface area contributed by atoms with Crippen molar-refractivity contribution in [2.75, 3.05) is 47.9 Å². The van der Waals surface area contributed by atoms with E-state index in [0.717, 1.165) is 131 Å². The third-order valence-electron chi connectivity index (χ3n) is 43.3. The number of fused-ring (bicyclic) bond motifs is 25. The highest BCUT2D eigenvalue weighted by Gasteiger charge is 2.63. The van der Waals surface area contributed by atoms with E-state index in [-0.39, 0.29) is 67.1 Å². The molecule has 17 aliphatic carbocycles. The van der Waals surface area contributed by atoms with Crippen molar-refractivity contribution in [3.8, 4) is 5.75 Å². The van der Waals surface area contributed by atoms with Crippen LogP contribution >= 0.6 is 0 Å². The van der Waals surface area contributed by atoms with Crippen molar-refractivity contribution >= 4 is 45.6 Å². The number of pyridine rings is 5. The van der Waals surface area contributed by atoms with Gasteiger partial charge in [0.1, 0.15) is 5.75 Å². The summed E-state index contributed by atoms with van der Waals surface area (Å²) < 4.78 is 5.43. The molecule has 0 bridgehead atoms. The molecule has 139 heavy (non-hydrogen) atoms. The third-order valence-corrected chi connectivity index (χ3v) is 43.3. The number of hydrogen-bond acceptors (Lipinski definition) is 10. The van der Waals surface area contributed by atoms with E-state index >= 15 is 0 Å². The minimum absolute atomic E-state index is 0.0528. The second-order valence-corrected chi connectivity index (χ2v) is 49.8. The van der Waals surface area contributed by atoms with Crippen LogP contribution in [-0.4, -0.2) is 116 Å². The number of carbonyl (C=O) groups excluding carboxylic acids is 3. The molecule has 13 heteroatoms. The van der Waals surface area contributed by atoms with E-state index in [1.165, 1.54) is 200 Å². The van der Waals surface area contributed by atoms with Gasteiger partial charge < -0.3 is 24.5 Å². The Balaban J connectivity index is 0.000000103. The number of likely N-dealkylation sites (N-methyl/N-ethyl adjacent to an activating group) is 3. The van der Waals surface area contributed by atoms with E-state index in [2.05, 4.69) is 217 Å². The molecule has 5 aromatic heterocycles. The summed E-state index contributed by atoms with van der Waals surface area (Å²) in [5.41, 5.74) is 29.6. The number of allylic oxidation sites excluding steroid dienone is 23. The summed E-state index contributed by atoms with van der Waals surface area (Å²) in [5, 5.41) is 10.2. The average molecular weight is 1860 g/mol. The normalized spacial score (nSPS) is 39.3. The maximum Gasteiger partial charge on any atom is 0.246 e. The van der Waals surface area contributed by atoms with E-state index < -0.39 is 0 Å². The van der Waals surface area contributed by atoms with E-state index in [1.54, 1.807) is 41.2 Å². The standard InChI is InChI=1S/C26H32N2O2.C26H32N2O.C25H30N2O.C25H33N.C24H31NO/c1-25-11-12-28(3)24(29)14-18(25)5-6-20-22-8-7-21(26(22,2)10-9-23(20)25)17-13-19(30-4)16-27-15-17;1-17-13-18(16-27-15-17)21-7-8-22-20-6-5-19-14-24(29)28(4)12-11-25(19,2)23(20)9-10-26(21,22)3;1-24-12-14-27(3)23(28)15-18(24)6-7-19-21-9-8-20(17-5-4-13-26-16-17)25(21,2)11-10-22(19)24;1-17-10-12-24(2)19(15-17)6-7-20-22-9-8-21(18-5-4-14-26-16-18)25(22,3)13-11-23(20)24;1-23-11-9-18(26)14-17(23)5-6-19-21-8-7-20(16-4-3-13-25-15-16)24(21,2)12-10-22(19)23/h7-8,13-16,20,23H,5-6,9-12H2,1-4H3;7-8,13-16,20,23H,5-6,9-12H2,1-4H3;4-5,8-9,13,15-16,19,22H,6-7,10-12,14H2,1-3H3;4-5,8-9,14,16-17,19-20,23H,6-7,10-13,15H2,1-3H3;3-4,7-8,13,15,17-19,22,26H,5-6,9-12,14H2,1-2H3/t2*20-,23-,25-,26+;19-,22-,24-,25+;17-,19-,20-,23-,24-,25+;17-,18-,19-,22-,23-,24+/m00000/s1. The van der Waals surface area contributed by atoms with E-state index in [9.17, 15) is 19.5 Å². The van der Waals surface area contributed by atoms with Gasteiger partial charge in [-0.3, -0.25) is 39.3 Å². The van der Waals surface area contributed by atoms with Crippen LogP contribution in [0.15, 0.2) is 234 Å². The third kappa shape index (κ3) is 16.0. The number of ether oxygens (including phenoxy) is 1. The van der Waals surface area contributed by atoms with E-state index in [4.69, 9.17) is 4.74 Å². The second-order valence-electron chi connectivity index (χ2n) is 49.8. The fourth-order valence-corrected chi connectivity index (χ4v) is 34.7. The minimum atomic E-state index is -0.0528. The first-order valence-corrected chi connectivity index (χ1v) is 54.5. The Hall–Kier alpha value is -9.46. The number of nitrogens with zero attached hydrogens (tertiary/aromatic N) is 8. The van der Waals surface area contributed by atoms with Crippen LogP contribution in [0.25, 0.3) is 27.9 Å². The molecule has 3 aliphatic heterocycles. The quantitative estimate of drug-likeness (QED) is 0.174. The number of rotatable bonds is 6. The van der Waals surface area contributed by atoms with Crippen LogP contribution in [0.1, 0.15) is 296 Å². The predicted molar refractivity (Wildman–Crippen MR) is 562 cm³/mol. The molecule has 12 saturated carbocycles. The molecule has 0 saturated heterocycles. The summed E-state index contributed by atoms with van der Waals surface area (Å²) in [6.07, 6.45) is 84.9. The lowest BCUT2D eigenvalue weighted by Gasteiger charge is -2.59. The largest absolute Gasteiger partial charge is 0.495 e. The molecule has 0 radical (unpaired) electrons. The highest BCUT2D eigenvalue weighted by atomic mass is 16.5. The van der Waals surface area contributed by atoms with Crippen LogP contribution in [0, 0.1) is 138 Å². The second kappa shape index (κ2) is 36.4. The molecule has 0 spiro atoms. The van der Waals surface area contributed by atoms with Gasteiger partial charge in [-0.1, -0.05) is 206 Å². The molecule has 12 fully saturated rings. The number of aromatic nitrogens is 5. The van der Waals surface area contributed by atoms with Crippen molar-refractivity contribution in [3.05, 3.63) is 267 Å². The number of aliphatic hydroxyl groups excluding tert-OH is 1. The SMILES string of the molecule is CN1CC[C@@]2(C)C(=CC1=O)CC[C@H]1C3=CC=C(c4cccnc4)[C@@]3(C)CC[C@@H]12.COc1cncc(C2=CC=C3[C@@H]4CCC5=CC(=O)N(C)CC[C@]5(C)[C@H]4CC[C@]23C)c1.C[C@H]1CC[C@@]2(C)[C@@H](CC[C@H]3C4=CC=C(c5cccnc5)[C@@]4(C)CC[C@@H]32)C1.C[C@]12CC[C@H]3[C@@H](CC[C@H]4C[C@@H](O)CC[C@@]43C)C1=CC=C2c1cccnc1.Cc1cncc(C2=CC=C3[C@@H]4CCC5=CC(=O)N(C)CC[C@]5(C)[C@H]4CC[C@]23C)c1. The van der Waals surface area contributed by atoms with E-state index in [1.807, 2.05) is 110 Å². The van der Waals surface area contributed by atoms with Gasteiger partial charge in [0, 0.05) is 147 Å². The summed E-state index contributed by atoms with van der Waals surface area (Å²) >= 11 is 0. The Morgan fingerprint density at radius 3 is 1.02 bits per heavy atom. The van der Waals surface area contributed by atoms with Crippen LogP contribution in [0.5, 0.6) is 5.75 Å². The summed E-state index contributed by atoms with van der Waals surface area (Å²) in [6, 6.07) is 17.2. The lowest BCUT2D eigenvalue weighted by Crippen LogP contribution is -2.51. The van der Waals surface area contributed by atoms with Crippen molar-refractivity contribution in [2.24, 2.45) is 131 Å². The van der Waals surface area contributed by atoms with Gasteiger partial charge in [0.15, 0.2) is 0 Å². The highest BCUT2D eigenvalue weighted by Crippen LogP contribution is 2.73. The first kappa shape index (κ1) is 95.7. The number of carbonyl (C=O) groups is 3. The topological polar surface area (TPSA) is 155 Å². The fraction of sp³-hybridized carbons (Fsp3) is 0.571. The Kier molecular flexibility index (Phi) is 25.1. The van der Waals surface area contributed by atoms with Crippen LogP contribution in [0.3, 0.4) is 0 Å². The van der Waals surface area contributed by atoms with Gasteiger partial charge in [-0.05, 0) is 377 Å². The van der Waals surface area contributed by atoms with Crippen molar-refractivity contribution in [1.82, 2.24) is 39.6 Å².